The molecule has 0 aliphatic heterocycles. The molecular weight excluding hydrogens is 384 g/mol. The Kier molecular flexibility index (Phi) is 5.89. The number of hydrogen-bond donors (Lipinski definition) is 1. The van der Waals surface area contributed by atoms with E-state index >= 15 is 0 Å². The number of para-hydroxylation sites is 1. The van der Waals surface area contributed by atoms with Gasteiger partial charge in [-0.05, 0) is 55.6 Å². The second-order valence-electron chi connectivity index (χ2n) is 9.91. The average molecular weight is 415 g/mol. The molecule has 0 saturated carbocycles. The Balaban J connectivity index is 2.32. The summed E-state index contributed by atoms with van der Waals surface area (Å²) in [4.78, 5) is 0. The van der Waals surface area contributed by atoms with Crippen LogP contribution in [0.2, 0.25) is 0 Å². The van der Waals surface area contributed by atoms with E-state index in [2.05, 4.69) is 45.1 Å². The molecule has 0 amide bonds. The van der Waals surface area contributed by atoms with Gasteiger partial charge in [-0.15, -0.1) is 0 Å². The highest BCUT2D eigenvalue weighted by Gasteiger charge is 2.55. The molecule has 1 aromatic carbocycles. The molecule has 5 nitrogen and oxygen atoms in total. The summed E-state index contributed by atoms with van der Waals surface area (Å²) in [7, 11) is 0. The number of allylic oxidation sites excluding steroid dienone is 4. The van der Waals surface area contributed by atoms with Crippen LogP contribution in [0.5, 0.6) is 5.75 Å². The molecule has 2 aliphatic carbocycles. The zero-order valence-electron chi connectivity index (χ0n) is 18.9. The van der Waals surface area contributed by atoms with Gasteiger partial charge in [0.1, 0.15) is 11.8 Å². The number of hydrogen-bond acceptors (Lipinski definition) is 5. The fourth-order valence-electron chi connectivity index (χ4n) is 5.04. The fourth-order valence-corrected chi connectivity index (χ4v) is 5.04. The topological polar surface area (TPSA) is 107 Å². The minimum Gasteiger partial charge on any atom is -0.491 e. The first-order chi connectivity index (χ1) is 14.6. The van der Waals surface area contributed by atoms with Crippen molar-refractivity contribution in [3.8, 4) is 24.0 Å². The van der Waals surface area contributed by atoms with Crippen LogP contribution >= 0.6 is 0 Å². The van der Waals surface area contributed by atoms with Crippen LogP contribution in [0.4, 0.5) is 0 Å². The Hall–Kier alpha value is -3.23. The molecular formula is C26H30N4O. The second kappa shape index (κ2) is 8.13. The van der Waals surface area contributed by atoms with Crippen molar-refractivity contribution >= 4 is 0 Å². The van der Waals surface area contributed by atoms with Gasteiger partial charge in [0.25, 0.3) is 0 Å². The first kappa shape index (κ1) is 22.5. The number of fused-ring (bicyclic) bond motifs is 1. The van der Waals surface area contributed by atoms with Crippen LogP contribution in [-0.2, 0) is 0 Å². The van der Waals surface area contributed by atoms with Gasteiger partial charge in [0.2, 0.25) is 0 Å². The normalized spacial score (nSPS) is 25.0. The van der Waals surface area contributed by atoms with Crippen molar-refractivity contribution in [3.05, 3.63) is 52.7 Å². The van der Waals surface area contributed by atoms with Crippen LogP contribution < -0.4 is 10.5 Å². The number of ether oxygens (including phenoxy) is 1. The Morgan fingerprint density at radius 1 is 1.13 bits per heavy atom. The highest BCUT2D eigenvalue weighted by Crippen LogP contribution is 2.59. The molecule has 0 saturated heterocycles. The third kappa shape index (κ3) is 3.68. The zero-order chi connectivity index (χ0) is 23.0. The first-order valence-corrected chi connectivity index (χ1v) is 10.8. The summed E-state index contributed by atoms with van der Waals surface area (Å²) in [6.45, 7) is 10.5. The summed E-state index contributed by atoms with van der Waals surface area (Å²) in [5.74, 6) is 0.321. The highest BCUT2D eigenvalue weighted by atomic mass is 16.5. The average Bonchev–Trinajstić information content (AvgIpc) is 2.72. The lowest BCUT2D eigenvalue weighted by atomic mass is 9.54. The Morgan fingerprint density at radius 3 is 2.32 bits per heavy atom. The van der Waals surface area contributed by atoms with E-state index in [1.807, 2.05) is 38.1 Å². The monoisotopic (exact) mass is 414 g/mol. The lowest BCUT2D eigenvalue weighted by Gasteiger charge is -2.47. The van der Waals surface area contributed by atoms with Crippen molar-refractivity contribution < 1.29 is 4.74 Å². The maximum atomic E-state index is 10.3. The predicted molar refractivity (Wildman–Crippen MR) is 119 cm³/mol. The molecule has 0 unspecified atom stereocenters. The van der Waals surface area contributed by atoms with Crippen molar-refractivity contribution in [2.75, 3.05) is 0 Å². The van der Waals surface area contributed by atoms with E-state index in [1.54, 1.807) is 0 Å². The summed E-state index contributed by atoms with van der Waals surface area (Å²) in [5.41, 5.74) is 6.86. The molecule has 0 bridgehead atoms. The number of nitrogens with zero attached hydrogens (tertiary/aromatic N) is 3. The minimum absolute atomic E-state index is 0.0565. The lowest BCUT2D eigenvalue weighted by Crippen LogP contribution is -2.44. The van der Waals surface area contributed by atoms with E-state index in [0.29, 0.717) is 17.2 Å². The molecule has 3 atom stereocenters. The number of nitriles is 3. The van der Waals surface area contributed by atoms with Gasteiger partial charge < -0.3 is 10.5 Å². The SMILES string of the molecule is CC(C)Oc1ccccc1[C@@H]1[C@H]2C[C@@H](C(C)(C)C)CC=C2C(C#N)=C(N)C1(C#N)C#N. The standard InChI is InChI=1S/C26H30N4O/c1-16(2)31-22-9-7-6-8-19(22)23-20-12-17(25(3,4)5)10-11-18(20)21(13-27)24(30)26(23,14-28)15-29/h6-9,11,16-17,20,23H,10,12,30H2,1-5H3/t17-,20-,23+/m0/s1. The summed E-state index contributed by atoms with van der Waals surface area (Å²) < 4.78 is 6.08. The molecule has 2 aliphatic rings. The van der Waals surface area contributed by atoms with E-state index < -0.39 is 11.3 Å². The van der Waals surface area contributed by atoms with E-state index in [1.165, 1.54) is 0 Å². The molecule has 5 heteroatoms. The maximum absolute atomic E-state index is 10.3. The van der Waals surface area contributed by atoms with Gasteiger partial charge in [-0.3, -0.25) is 0 Å². The van der Waals surface area contributed by atoms with E-state index in [-0.39, 0.29) is 23.1 Å². The number of benzene rings is 1. The fraction of sp³-hybridized carbons (Fsp3) is 0.500. The summed E-state index contributed by atoms with van der Waals surface area (Å²) >= 11 is 0. The van der Waals surface area contributed by atoms with Gasteiger partial charge in [0.05, 0.1) is 29.5 Å². The second-order valence-corrected chi connectivity index (χ2v) is 9.91. The minimum atomic E-state index is -1.64. The van der Waals surface area contributed by atoms with E-state index in [9.17, 15) is 15.8 Å². The van der Waals surface area contributed by atoms with Gasteiger partial charge >= 0.3 is 0 Å². The third-order valence-corrected chi connectivity index (χ3v) is 6.72. The molecule has 0 aromatic heterocycles. The lowest BCUT2D eigenvalue weighted by molar-refractivity contribution is 0.167. The molecule has 0 spiro atoms. The van der Waals surface area contributed by atoms with Crippen LogP contribution in [0, 0.1) is 56.7 Å². The van der Waals surface area contributed by atoms with Gasteiger partial charge in [-0.2, -0.15) is 15.8 Å². The van der Waals surface area contributed by atoms with Crippen LogP contribution in [0.3, 0.4) is 0 Å². The molecule has 160 valence electrons. The Morgan fingerprint density at radius 2 is 1.77 bits per heavy atom. The quantitative estimate of drug-likeness (QED) is 0.718. The molecule has 3 rings (SSSR count). The van der Waals surface area contributed by atoms with Gasteiger partial charge in [0.15, 0.2) is 5.41 Å². The van der Waals surface area contributed by atoms with Gasteiger partial charge in [-0.25, -0.2) is 0 Å². The van der Waals surface area contributed by atoms with Crippen LogP contribution in [-0.4, -0.2) is 6.10 Å². The molecule has 31 heavy (non-hydrogen) atoms. The molecule has 0 radical (unpaired) electrons. The predicted octanol–water partition coefficient (Wildman–Crippen LogP) is 5.34. The van der Waals surface area contributed by atoms with Gasteiger partial charge in [-0.1, -0.05) is 45.0 Å². The maximum Gasteiger partial charge on any atom is 0.191 e. The first-order valence-electron chi connectivity index (χ1n) is 10.8. The molecule has 0 fully saturated rings. The Labute approximate surface area is 185 Å². The largest absolute Gasteiger partial charge is 0.491 e. The van der Waals surface area contributed by atoms with Crippen molar-refractivity contribution in [2.45, 2.75) is 59.5 Å². The van der Waals surface area contributed by atoms with Crippen LogP contribution in [0.25, 0.3) is 0 Å². The van der Waals surface area contributed by atoms with Crippen LogP contribution in [0.1, 0.15) is 58.9 Å². The molecule has 0 heterocycles. The third-order valence-electron chi connectivity index (χ3n) is 6.72. The number of rotatable bonds is 3. The van der Waals surface area contributed by atoms with Crippen molar-refractivity contribution in [2.24, 2.45) is 28.4 Å². The zero-order valence-corrected chi connectivity index (χ0v) is 18.9. The van der Waals surface area contributed by atoms with Gasteiger partial charge in [0, 0.05) is 11.5 Å². The van der Waals surface area contributed by atoms with Crippen molar-refractivity contribution in [3.63, 3.8) is 0 Å². The van der Waals surface area contributed by atoms with Crippen molar-refractivity contribution in [1.29, 1.82) is 15.8 Å². The summed E-state index contributed by atoms with van der Waals surface area (Å²) in [5, 5.41) is 30.5. The molecule has 2 N–H and O–H groups in total. The smallest absolute Gasteiger partial charge is 0.191 e. The summed E-state index contributed by atoms with van der Waals surface area (Å²) in [6, 6.07) is 14.2. The van der Waals surface area contributed by atoms with E-state index in [4.69, 9.17) is 10.5 Å². The van der Waals surface area contributed by atoms with Crippen LogP contribution in [0.15, 0.2) is 47.2 Å². The number of nitrogens with two attached hydrogens (primary N) is 1. The Bertz CT molecular complexity index is 1040. The highest BCUT2D eigenvalue weighted by molar-refractivity contribution is 5.60. The van der Waals surface area contributed by atoms with Crippen molar-refractivity contribution in [1.82, 2.24) is 0 Å². The van der Waals surface area contributed by atoms with E-state index in [0.717, 1.165) is 24.0 Å². The molecule has 1 aromatic rings. The summed E-state index contributed by atoms with van der Waals surface area (Å²) in [6.07, 6.45) is 3.67.